The van der Waals surface area contributed by atoms with E-state index >= 15 is 0 Å². The molecule has 1 amide bonds. The van der Waals surface area contributed by atoms with Crippen molar-refractivity contribution >= 4 is 15.9 Å². The average molecular weight is 371 g/mol. The summed E-state index contributed by atoms with van der Waals surface area (Å²) in [5.74, 6) is 0.135. The lowest BCUT2D eigenvalue weighted by atomic mass is 9.97. The maximum atomic E-state index is 13.1. The van der Waals surface area contributed by atoms with Crippen molar-refractivity contribution in [3.05, 3.63) is 60.4 Å². The van der Waals surface area contributed by atoms with Crippen LogP contribution in [-0.4, -0.2) is 54.2 Å². The normalized spacial score (nSPS) is 23.6. The summed E-state index contributed by atoms with van der Waals surface area (Å²) in [6.45, 7) is 1.49. The standard InChI is InChI=1S/C19H21N3O3S/c23-19(16-5-2-1-3-6-16)21-12-15-8-9-17(14-21)22(13-15)26(24,25)18-7-4-10-20-11-18/h1-7,10-11,15,17H,8-9,12-14H2/t15-,17+/m1/s1. The molecule has 2 atom stereocenters. The van der Waals surface area contributed by atoms with Crippen LogP contribution in [-0.2, 0) is 10.0 Å². The van der Waals surface area contributed by atoms with E-state index in [0.29, 0.717) is 25.2 Å². The largest absolute Gasteiger partial charge is 0.337 e. The summed E-state index contributed by atoms with van der Waals surface area (Å²) in [7, 11) is -3.60. The Hall–Kier alpha value is -2.25. The molecule has 0 aliphatic carbocycles. The van der Waals surface area contributed by atoms with Gasteiger partial charge in [0.15, 0.2) is 0 Å². The quantitative estimate of drug-likeness (QED) is 0.827. The second kappa shape index (κ2) is 6.81. The van der Waals surface area contributed by atoms with E-state index in [4.69, 9.17) is 0 Å². The van der Waals surface area contributed by atoms with Crippen LogP contribution < -0.4 is 0 Å². The molecule has 3 aliphatic rings. The maximum absolute atomic E-state index is 13.1. The number of carbonyl (C=O) groups excluding carboxylic acids is 1. The Morgan fingerprint density at radius 2 is 1.81 bits per heavy atom. The van der Waals surface area contributed by atoms with E-state index in [-0.39, 0.29) is 22.8 Å². The molecule has 5 rings (SSSR count). The third-order valence-corrected chi connectivity index (χ3v) is 7.11. The number of amides is 1. The van der Waals surface area contributed by atoms with Gasteiger partial charge in [-0.1, -0.05) is 18.2 Å². The first-order valence-electron chi connectivity index (χ1n) is 8.82. The van der Waals surface area contributed by atoms with Crippen molar-refractivity contribution in [2.24, 2.45) is 5.92 Å². The fourth-order valence-corrected chi connectivity index (χ4v) is 5.58. The van der Waals surface area contributed by atoms with Gasteiger partial charge in [-0.25, -0.2) is 8.42 Å². The Morgan fingerprint density at radius 3 is 2.54 bits per heavy atom. The molecular formula is C19H21N3O3S. The van der Waals surface area contributed by atoms with Crippen LogP contribution in [0, 0.1) is 5.92 Å². The van der Waals surface area contributed by atoms with Crippen molar-refractivity contribution in [2.75, 3.05) is 19.6 Å². The van der Waals surface area contributed by atoms with Gasteiger partial charge in [-0.2, -0.15) is 4.31 Å². The van der Waals surface area contributed by atoms with Crippen LogP contribution in [0.1, 0.15) is 23.2 Å². The van der Waals surface area contributed by atoms with E-state index < -0.39 is 10.0 Å². The van der Waals surface area contributed by atoms with Gasteiger partial charge in [0.1, 0.15) is 4.90 Å². The van der Waals surface area contributed by atoms with Gasteiger partial charge in [-0.3, -0.25) is 9.78 Å². The Morgan fingerprint density at radius 1 is 1.00 bits per heavy atom. The van der Waals surface area contributed by atoms with Gasteiger partial charge in [0, 0.05) is 43.6 Å². The Bertz CT molecular complexity index is 887. The summed E-state index contributed by atoms with van der Waals surface area (Å²) in [6, 6.07) is 12.2. The minimum atomic E-state index is -3.60. The molecule has 4 heterocycles. The Balaban J connectivity index is 1.60. The molecule has 0 spiro atoms. The molecule has 7 heteroatoms. The van der Waals surface area contributed by atoms with Crippen molar-refractivity contribution in [3.63, 3.8) is 0 Å². The summed E-state index contributed by atoms with van der Waals surface area (Å²) in [5.41, 5.74) is 0.649. The minimum Gasteiger partial charge on any atom is -0.337 e. The van der Waals surface area contributed by atoms with E-state index in [1.165, 1.54) is 6.20 Å². The number of sulfonamides is 1. The smallest absolute Gasteiger partial charge is 0.253 e. The summed E-state index contributed by atoms with van der Waals surface area (Å²) in [6.07, 6.45) is 4.68. The number of nitrogens with zero attached hydrogens (tertiary/aromatic N) is 3. The van der Waals surface area contributed by atoms with E-state index in [1.54, 1.807) is 34.8 Å². The molecule has 6 nitrogen and oxygen atoms in total. The van der Waals surface area contributed by atoms with Crippen LogP contribution in [0.25, 0.3) is 0 Å². The highest BCUT2D eigenvalue weighted by atomic mass is 32.2. The Labute approximate surface area is 153 Å². The van der Waals surface area contributed by atoms with E-state index in [0.717, 1.165) is 12.8 Å². The van der Waals surface area contributed by atoms with Gasteiger partial charge < -0.3 is 4.90 Å². The molecule has 2 aromatic rings. The average Bonchev–Trinajstić information content (AvgIpc) is 3.01. The third-order valence-electron chi connectivity index (χ3n) is 5.21. The highest BCUT2D eigenvalue weighted by Crippen LogP contribution is 2.32. The number of fused-ring (bicyclic) bond motifs is 4. The molecule has 1 aromatic carbocycles. The summed E-state index contributed by atoms with van der Waals surface area (Å²) in [5, 5.41) is 0. The van der Waals surface area contributed by atoms with Gasteiger partial charge >= 0.3 is 0 Å². The monoisotopic (exact) mass is 371 g/mol. The molecule has 3 fully saturated rings. The molecule has 2 bridgehead atoms. The zero-order valence-electron chi connectivity index (χ0n) is 14.4. The van der Waals surface area contributed by atoms with Crippen LogP contribution in [0.15, 0.2) is 59.8 Å². The van der Waals surface area contributed by atoms with E-state index in [1.807, 2.05) is 23.1 Å². The Kier molecular flexibility index (Phi) is 4.50. The number of hydrogen-bond acceptors (Lipinski definition) is 4. The fraction of sp³-hybridized carbons (Fsp3) is 0.368. The van der Waals surface area contributed by atoms with Gasteiger partial charge in [-0.05, 0) is 43.0 Å². The topological polar surface area (TPSA) is 70.6 Å². The lowest BCUT2D eigenvalue weighted by Crippen LogP contribution is -2.47. The summed E-state index contributed by atoms with van der Waals surface area (Å²) in [4.78, 5) is 18.8. The lowest BCUT2D eigenvalue weighted by Gasteiger charge is -2.34. The number of aromatic nitrogens is 1. The highest BCUT2D eigenvalue weighted by molar-refractivity contribution is 7.89. The van der Waals surface area contributed by atoms with Crippen molar-refractivity contribution in [3.8, 4) is 0 Å². The number of piperidine rings is 1. The summed E-state index contributed by atoms with van der Waals surface area (Å²) >= 11 is 0. The molecule has 136 valence electrons. The predicted octanol–water partition coefficient (Wildman–Crippen LogP) is 2.01. The molecule has 0 radical (unpaired) electrons. The van der Waals surface area contributed by atoms with Crippen LogP contribution in [0.5, 0.6) is 0 Å². The molecule has 0 N–H and O–H groups in total. The van der Waals surface area contributed by atoms with Gasteiger partial charge in [0.2, 0.25) is 10.0 Å². The molecular weight excluding hydrogens is 350 g/mol. The number of hydrogen-bond donors (Lipinski definition) is 0. The molecule has 26 heavy (non-hydrogen) atoms. The van der Waals surface area contributed by atoms with Crippen LogP contribution in [0.4, 0.5) is 0 Å². The first kappa shape index (κ1) is 17.2. The molecule has 3 aliphatic heterocycles. The zero-order valence-corrected chi connectivity index (χ0v) is 15.2. The zero-order chi connectivity index (χ0) is 18.1. The van der Waals surface area contributed by atoms with Crippen LogP contribution in [0.3, 0.4) is 0 Å². The molecule has 0 unspecified atom stereocenters. The number of carbonyl (C=O) groups is 1. The van der Waals surface area contributed by atoms with Crippen molar-refractivity contribution in [1.82, 2.24) is 14.2 Å². The second-order valence-electron chi connectivity index (χ2n) is 6.94. The molecule has 3 saturated heterocycles. The van der Waals surface area contributed by atoms with Crippen LogP contribution in [0.2, 0.25) is 0 Å². The highest BCUT2D eigenvalue weighted by Gasteiger charge is 2.42. The van der Waals surface area contributed by atoms with Crippen molar-refractivity contribution in [1.29, 1.82) is 0 Å². The van der Waals surface area contributed by atoms with Gasteiger partial charge in [0.25, 0.3) is 5.91 Å². The fourth-order valence-electron chi connectivity index (χ4n) is 3.90. The third kappa shape index (κ3) is 3.12. The maximum Gasteiger partial charge on any atom is 0.253 e. The molecule has 0 saturated carbocycles. The number of pyridine rings is 1. The van der Waals surface area contributed by atoms with Gasteiger partial charge in [-0.15, -0.1) is 0 Å². The van der Waals surface area contributed by atoms with Crippen molar-refractivity contribution in [2.45, 2.75) is 23.8 Å². The minimum absolute atomic E-state index is 0.0249. The van der Waals surface area contributed by atoms with Crippen LogP contribution >= 0.6 is 0 Å². The second-order valence-corrected chi connectivity index (χ2v) is 8.83. The SMILES string of the molecule is O=C(c1ccccc1)N1C[C@H]2CC[C@@H](C1)N(S(=O)(=O)c1cccnc1)C2. The predicted molar refractivity (Wildman–Crippen MR) is 97.0 cm³/mol. The van der Waals surface area contributed by atoms with E-state index in [2.05, 4.69) is 4.98 Å². The first-order valence-corrected chi connectivity index (χ1v) is 10.3. The van der Waals surface area contributed by atoms with Crippen molar-refractivity contribution < 1.29 is 13.2 Å². The first-order chi connectivity index (χ1) is 12.6. The summed E-state index contributed by atoms with van der Waals surface area (Å²) < 4.78 is 27.7. The lowest BCUT2D eigenvalue weighted by molar-refractivity contribution is 0.0746. The number of benzene rings is 1. The van der Waals surface area contributed by atoms with Gasteiger partial charge in [0.05, 0.1) is 0 Å². The molecule has 1 aromatic heterocycles. The van der Waals surface area contributed by atoms with E-state index in [9.17, 15) is 13.2 Å². The number of rotatable bonds is 3.